The molecule has 1 saturated heterocycles. The smallest absolute Gasteiger partial charge is 0.410 e. The van der Waals surface area contributed by atoms with Crippen molar-refractivity contribution in [2.45, 2.75) is 59.5 Å². The van der Waals surface area contributed by atoms with E-state index in [1.54, 1.807) is 4.90 Å². The number of halogens is 1. The Morgan fingerprint density at radius 1 is 1.11 bits per heavy atom. The molecule has 0 bridgehead atoms. The number of likely N-dealkylation sites (tertiary alicyclic amines) is 1. The SMILES string of the molecule is CCCN(CCNC(=NCC(=O)N1CCCC1)NCC)C(=O)OC(C)(C)C.I. The molecule has 28 heavy (non-hydrogen) atoms. The first kappa shape index (κ1) is 26.7. The summed E-state index contributed by atoms with van der Waals surface area (Å²) in [5.41, 5.74) is -0.511. The second-order valence-corrected chi connectivity index (χ2v) is 7.68. The quantitative estimate of drug-likeness (QED) is 0.297. The van der Waals surface area contributed by atoms with Crippen molar-refractivity contribution in [2.24, 2.45) is 4.99 Å². The summed E-state index contributed by atoms with van der Waals surface area (Å²) in [6.07, 6.45) is 2.70. The van der Waals surface area contributed by atoms with Crippen molar-refractivity contribution < 1.29 is 14.3 Å². The molecule has 0 aliphatic carbocycles. The number of ether oxygens (including phenoxy) is 1. The molecule has 0 atom stereocenters. The van der Waals surface area contributed by atoms with Crippen molar-refractivity contribution in [1.29, 1.82) is 0 Å². The maximum Gasteiger partial charge on any atom is 0.410 e. The van der Waals surface area contributed by atoms with Gasteiger partial charge in [-0.25, -0.2) is 9.79 Å². The number of carbonyl (C=O) groups is 2. The van der Waals surface area contributed by atoms with Gasteiger partial charge in [0, 0.05) is 39.3 Å². The Bertz CT molecular complexity index is 502. The first-order valence-electron chi connectivity index (χ1n) is 10.0. The minimum atomic E-state index is -0.511. The number of amides is 2. The number of nitrogens with one attached hydrogen (secondary N) is 2. The average Bonchev–Trinajstić information content (AvgIpc) is 3.11. The summed E-state index contributed by atoms with van der Waals surface area (Å²) in [7, 11) is 0. The summed E-state index contributed by atoms with van der Waals surface area (Å²) in [5, 5.41) is 6.33. The monoisotopic (exact) mass is 511 g/mol. The van der Waals surface area contributed by atoms with Gasteiger partial charge in [-0.2, -0.15) is 0 Å². The summed E-state index contributed by atoms with van der Waals surface area (Å²) in [4.78, 5) is 32.4. The summed E-state index contributed by atoms with van der Waals surface area (Å²) in [6, 6.07) is 0. The number of hydrogen-bond donors (Lipinski definition) is 2. The predicted octanol–water partition coefficient (Wildman–Crippen LogP) is 2.43. The van der Waals surface area contributed by atoms with Gasteiger partial charge in [-0.3, -0.25) is 4.79 Å². The number of nitrogens with zero attached hydrogens (tertiary/aromatic N) is 3. The number of rotatable bonds is 8. The maximum absolute atomic E-state index is 12.3. The highest BCUT2D eigenvalue weighted by atomic mass is 127. The van der Waals surface area contributed by atoms with Crippen LogP contribution in [0.5, 0.6) is 0 Å². The van der Waals surface area contributed by atoms with Crippen molar-refractivity contribution in [3.8, 4) is 0 Å². The van der Waals surface area contributed by atoms with E-state index in [0.29, 0.717) is 32.1 Å². The number of carbonyl (C=O) groups excluding carboxylic acids is 2. The standard InChI is InChI=1S/C19H37N5O3.HI/c1-6-11-24(18(26)27-19(3,4)5)14-10-21-17(20-7-2)22-15-16(25)23-12-8-9-13-23;/h6-15H2,1-5H3,(H2,20,21,22);1H. The first-order valence-corrected chi connectivity index (χ1v) is 10.0. The molecule has 164 valence electrons. The van der Waals surface area contributed by atoms with Gasteiger partial charge in [-0.05, 0) is 47.0 Å². The largest absolute Gasteiger partial charge is 0.444 e. The van der Waals surface area contributed by atoms with Crippen molar-refractivity contribution in [3.63, 3.8) is 0 Å². The topological polar surface area (TPSA) is 86.3 Å². The molecule has 1 rings (SSSR count). The predicted molar refractivity (Wildman–Crippen MR) is 123 cm³/mol. The van der Waals surface area contributed by atoms with E-state index in [9.17, 15) is 9.59 Å². The molecule has 8 nitrogen and oxygen atoms in total. The van der Waals surface area contributed by atoms with Gasteiger partial charge in [0.2, 0.25) is 5.91 Å². The Hall–Kier alpha value is -1.26. The Labute approximate surface area is 186 Å². The lowest BCUT2D eigenvalue weighted by molar-refractivity contribution is -0.128. The van der Waals surface area contributed by atoms with Crippen LogP contribution in [0.1, 0.15) is 53.9 Å². The second kappa shape index (κ2) is 13.8. The molecule has 0 aromatic carbocycles. The Morgan fingerprint density at radius 2 is 1.75 bits per heavy atom. The minimum Gasteiger partial charge on any atom is -0.444 e. The van der Waals surface area contributed by atoms with Crippen molar-refractivity contribution in [1.82, 2.24) is 20.4 Å². The van der Waals surface area contributed by atoms with E-state index in [1.165, 1.54) is 0 Å². The van der Waals surface area contributed by atoms with E-state index < -0.39 is 5.60 Å². The van der Waals surface area contributed by atoms with E-state index in [1.807, 2.05) is 39.5 Å². The van der Waals surface area contributed by atoms with Gasteiger partial charge < -0.3 is 25.2 Å². The van der Waals surface area contributed by atoms with Gasteiger partial charge in [0.1, 0.15) is 12.1 Å². The molecule has 0 radical (unpaired) electrons. The minimum absolute atomic E-state index is 0. The molecule has 0 aromatic rings. The molecular formula is C19H38IN5O3. The van der Waals surface area contributed by atoms with Gasteiger partial charge >= 0.3 is 6.09 Å². The molecule has 2 N–H and O–H groups in total. The van der Waals surface area contributed by atoms with Crippen LogP contribution in [-0.4, -0.2) is 79.2 Å². The van der Waals surface area contributed by atoms with Crippen LogP contribution in [0.2, 0.25) is 0 Å². The summed E-state index contributed by atoms with van der Waals surface area (Å²) >= 11 is 0. The lowest BCUT2D eigenvalue weighted by atomic mass is 10.2. The molecule has 0 spiro atoms. The third-order valence-electron chi connectivity index (χ3n) is 3.99. The Morgan fingerprint density at radius 3 is 2.29 bits per heavy atom. The summed E-state index contributed by atoms with van der Waals surface area (Å²) < 4.78 is 5.46. The molecule has 0 aromatic heterocycles. The molecular weight excluding hydrogens is 473 g/mol. The van der Waals surface area contributed by atoms with E-state index in [-0.39, 0.29) is 42.5 Å². The van der Waals surface area contributed by atoms with E-state index in [2.05, 4.69) is 15.6 Å². The van der Waals surface area contributed by atoms with Crippen LogP contribution in [0.25, 0.3) is 0 Å². The molecule has 1 fully saturated rings. The Balaban J connectivity index is 0.00000729. The third-order valence-corrected chi connectivity index (χ3v) is 3.99. The van der Waals surface area contributed by atoms with Gasteiger partial charge in [-0.15, -0.1) is 24.0 Å². The third kappa shape index (κ3) is 10.9. The molecule has 2 amide bonds. The average molecular weight is 511 g/mol. The highest BCUT2D eigenvalue weighted by molar-refractivity contribution is 14.0. The fourth-order valence-corrected chi connectivity index (χ4v) is 2.76. The zero-order valence-electron chi connectivity index (χ0n) is 18.0. The van der Waals surface area contributed by atoms with Crippen LogP contribution >= 0.6 is 24.0 Å². The van der Waals surface area contributed by atoms with Crippen molar-refractivity contribution in [3.05, 3.63) is 0 Å². The maximum atomic E-state index is 12.3. The highest BCUT2D eigenvalue weighted by Gasteiger charge is 2.21. The van der Waals surface area contributed by atoms with Crippen LogP contribution in [0, 0.1) is 0 Å². The molecule has 0 unspecified atom stereocenters. The van der Waals surface area contributed by atoms with Gasteiger partial charge in [0.15, 0.2) is 5.96 Å². The zero-order valence-corrected chi connectivity index (χ0v) is 20.4. The van der Waals surface area contributed by atoms with Crippen LogP contribution in [0.15, 0.2) is 4.99 Å². The van der Waals surface area contributed by atoms with Crippen molar-refractivity contribution >= 4 is 41.9 Å². The molecule has 9 heteroatoms. The fraction of sp³-hybridized carbons (Fsp3) is 0.842. The highest BCUT2D eigenvalue weighted by Crippen LogP contribution is 2.10. The lowest BCUT2D eigenvalue weighted by Crippen LogP contribution is -2.45. The van der Waals surface area contributed by atoms with Crippen LogP contribution in [-0.2, 0) is 9.53 Å². The zero-order chi connectivity index (χ0) is 20.3. The molecule has 1 aliphatic rings. The molecule has 0 saturated carbocycles. The number of guanidine groups is 1. The van der Waals surface area contributed by atoms with E-state index in [0.717, 1.165) is 32.4 Å². The summed E-state index contributed by atoms with van der Waals surface area (Å²) in [5.74, 6) is 0.650. The van der Waals surface area contributed by atoms with Crippen LogP contribution in [0.3, 0.4) is 0 Å². The fourth-order valence-electron chi connectivity index (χ4n) is 2.76. The van der Waals surface area contributed by atoms with Gasteiger partial charge in [0.05, 0.1) is 0 Å². The number of aliphatic imine (C=N–C) groups is 1. The normalized spacial score (nSPS) is 14.3. The van der Waals surface area contributed by atoms with Gasteiger partial charge in [0.25, 0.3) is 0 Å². The van der Waals surface area contributed by atoms with Crippen molar-refractivity contribution in [2.75, 3.05) is 45.8 Å². The van der Waals surface area contributed by atoms with E-state index >= 15 is 0 Å². The number of hydrogen-bond acceptors (Lipinski definition) is 4. The van der Waals surface area contributed by atoms with E-state index in [4.69, 9.17) is 4.74 Å². The van der Waals surface area contributed by atoms with Gasteiger partial charge in [-0.1, -0.05) is 6.92 Å². The molecule has 1 aliphatic heterocycles. The van der Waals surface area contributed by atoms with Crippen LogP contribution < -0.4 is 10.6 Å². The Kier molecular flexibility index (Phi) is 13.2. The first-order chi connectivity index (χ1) is 12.8. The van der Waals surface area contributed by atoms with Crippen LogP contribution in [0.4, 0.5) is 4.79 Å². The molecule has 1 heterocycles. The lowest BCUT2D eigenvalue weighted by Gasteiger charge is -2.27. The second-order valence-electron chi connectivity index (χ2n) is 7.68. The summed E-state index contributed by atoms with van der Waals surface area (Å²) in [6.45, 7) is 13.8.